The Labute approximate surface area is 146 Å². The third kappa shape index (κ3) is 4.10. The lowest BCUT2D eigenvalue weighted by Crippen LogP contribution is -2.10. The van der Waals surface area contributed by atoms with E-state index in [0.29, 0.717) is 13.1 Å². The molecule has 1 aromatic heterocycles. The van der Waals surface area contributed by atoms with Crippen molar-refractivity contribution in [3.8, 4) is 22.8 Å². The van der Waals surface area contributed by atoms with Crippen LogP contribution in [0.4, 0.5) is 5.82 Å². The minimum Gasteiger partial charge on any atom is -0.508 e. The molecule has 0 aliphatic carbocycles. The summed E-state index contributed by atoms with van der Waals surface area (Å²) >= 11 is 0. The highest BCUT2D eigenvalue weighted by molar-refractivity contribution is 5.64. The second-order valence-electron chi connectivity index (χ2n) is 5.62. The summed E-state index contributed by atoms with van der Waals surface area (Å²) in [6.07, 6.45) is 0. The molecule has 0 fully saturated rings. The molecule has 3 aromatic rings. The first-order valence-corrected chi connectivity index (χ1v) is 8.04. The van der Waals surface area contributed by atoms with E-state index in [2.05, 4.69) is 10.4 Å². The smallest absolute Gasteiger partial charge is 0.125 e. The molecule has 0 saturated carbocycles. The van der Waals surface area contributed by atoms with Crippen LogP contribution in [0.5, 0.6) is 11.5 Å². The maximum Gasteiger partial charge on any atom is 0.125 e. The fourth-order valence-electron chi connectivity index (χ4n) is 2.61. The summed E-state index contributed by atoms with van der Waals surface area (Å²) in [6.45, 7) is 0.940. The second-order valence-corrected chi connectivity index (χ2v) is 5.62. The Morgan fingerprint density at radius 2 is 1.96 bits per heavy atom. The molecular formula is C19H21N3O3. The molecule has 0 spiro atoms. The highest BCUT2D eigenvalue weighted by atomic mass is 16.5. The number of phenolic OH excluding ortho intramolecular Hbond substituents is 1. The highest BCUT2D eigenvalue weighted by Crippen LogP contribution is 2.25. The first-order chi connectivity index (χ1) is 12.2. The third-order valence-corrected chi connectivity index (χ3v) is 3.84. The van der Waals surface area contributed by atoms with Crippen LogP contribution in [-0.2, 0) is 13.1 Å². The van der Waals surface area contributed by atoms with E-state index in [1.54, 1.807) is 30.0 Å². The van der Waals surface area contributed by atoms with Crippen LogP contribution in [0.25, 0.3) is 11.3 Å². The molecule has 1 heterocycles. The number of aliphatic hydroxyl groups excluding tert-OH is 1. The van der Waals surface area contributed by atoms with Crippen LogP contribution in [0, 0.1) is 0 Å². The summed E-state index contributed by atoms with van der Waals surface area (Å²) in [5.41, 5.74) is 2.70. The van der Waals surface area contributed by atoms with Crippen LogP contribution >= 0.6 is 0 Å². The topological polar surface area (TPSA) is 79.5 Å². The van der Waals surface area contributed by atoms with Gasteiger partial charge in [0.05, 0.1) is 26.0 Å². The van der Waals surface area contributed by atoms with E-state index in [0.717, 1.165) is 28.4 Å². The van der Waals surface area contributed by atoms with Gasteiger partial charge in [0, 0.05) is 18.2 Å². The molecule has 3 rings (SSSR count). The molecule has 25 heavy (non-hydrogen) atoms. The number of aromatic hydroxyl groups is 1. The van der Waals surface area contributed by atoms with Crippen LogP contribution in [0.2, 0.25) is 0 Å². The SMILES string of the molecule is COc1cccc(-c2cc(NCc3cccc(O)c3)n(CCO)n2)c1. The highest BCUT2D eigenvalue weighted by Gasteiger charge is 2.10. The van der Waals surface area contributed by atoms with E-state index in [1.165, 1.54) is 0 Å². The zero-order valence-corrected chi connectivity index (χ0v) is 14.0. The molecule has 6 nitrogen and oxygen atoms in total. The number of hydrogen-bond acceptors (Lipinski definition) is 5. The van der Waals surface area contributed by atoms with Crippen molar-refractivity contribution >= 4 is 5.82 Å². The van der Waals surface area contributed by atoms with Crippen LogP contribution in [0.1, 0.15) is 5.56 Å². The Hall–Kier alpha value is -2.99. The number of phenols is 1. The van der Waals surface area contributed by atoms with Crippen LogP contribution in [-0.4, -0.2) is 33.7 Å². The van der Waals surface area contributed by atoms with Gasteiger partial charge in [0.15, 0.2) is 0 Å². The predicted octanol–water partition coefficient (Wildman–Crippen LogP) is 2.87. The van der Waals surface area contributed by atoms with Gasteiger partial charge in [0.2, 0.25) is 0 Å². The van der Waals surface area contributed by atoms with Gasteiger partial charge in [-0.25, -0.2) is 4.68 Å². The van der Waals surface area contributed by atoms with Gasteiger partial charge in [0.1, 0.15) is 17.3 Å². The van der Waals surface area contributed by atoms with E-state index in [1.807, 2.05) is 36.4 Å². The van der Waals surface area contributed by atoms with Gasteiger partial charge in [-0.05, 0) is 29.8 Å². The van der Waals surface area contributed by atoms with Gasteiger partial charge < -0.3 is 20.3 Å². The van der Waals surface area contributed by atoms with Gasteiger partial charge in [-0.2, -0.15) is 5.10 Å². The van der Waals surface area contributed by atoms with Gasteiger partial charge >= 0.3 is 0 Å². The lowest BCUT2D eigenvalue weighted by Gasteiger charge is -2.08. The quantitative estimate of drug-likeness (QED) is 0.617. The number of hydrogen-bond donors (Lipinski definition) is 3. The van der Waals surface area contributed by atoms with E-state index in [-0.39, 0.29) is 12.4 Å². The minimum atomic E-state index is 0.0000356. The zero-order valence-electron chi connectivity index (χ0n) is 14.0. The number of anilines is 1. The number of aromatic nitrogens is 2. The van der Waals surface area contributed by atoms with Crippen molar-refractivity contribution in [1.82, 2.24) is 9.78 Å². The van der Waals surface area contributed by atoms with Crippen molar-refractivity contribution < 1.29 is 14.9 Å². The third-order valence-electron chi connectivity index (χ3n) is 3.84. The summed E-state index contributed by atoms with van der Waals surface area (Å²) < 4.78 is 7.00. The molecular weight excluding hydrogens is 318 g/mol. The number of methoxy groups -OCH3 is 1. The first-order valence-electron chi connectivity index (χ1n) is 8.04. The van der Waals surface area contributed by atoms with Crippen LogP contribution < -0.4 is 10.1 Å². The molecule has 0 saturated heterocycles. The Balaban J connectivity index is 1.84. The molecule has 2 aromatic carbocycles. The Bertz CT molecular complexity index is 845. The largest absolute Gasteiger partial charge is 0.508 e. The van der Waals surface area contributed by atoms with Crippen molar-refractivity contribution in [3.05, 3.63) is 60.2 Å². The predicted molar refractivity (Wildman–Crippen MR) is 96.7 cm³/mol. The lowest BCUT2D eigenvalue weighted by atomic mass is 10.1. The lowest BCUT2D eigenvalue weighted by molar-refractivity contribution is 0.270. The summed E-state index contributed by atoms with van der Waals surface area (Å²) in [7, 11) is 1.63. The van der Waals surface area contributed by atoms with Crippen LogP contribution in [0.3, 0.4) is 0 Å². The second kappa shape index (κ2) is 7.72. The summed E-state index contributed by atoms with van der Waals surface area (Å²) in [5.74, 6) is 1.80. The number of rotatable bonds is 7. The van der Waals surface area contributed by atoms with Gasteiger partial charge in [-0.3, -0.25) is 0 Å². The Morgan fingerprint density at radius 1 is 1.12 bits per heavy atom. The molecule has 3 N–H and O–H groups in total. The molecule has 0 unspecified atom stereocenters. The number of nitrogens with one attached hydrogen (secondary N) is 1. The number of benzene rings is 2. The number of nitrogens with zero attached hydrogens (tertiary/aromatic N) is 2. The average Bonchev–Trinajstić information content (AvgIpc) is 3.03. The molecule has 130 valence electrons. The molecule has 0 radical (unpaired) electrons. The van der Waals surface area contributed by atoms with Crippen molar-refractivity contribution in [2.24, 2.45) is 0 Å². The normalized spacial score (nSPS) is 10.6. The van der Waals surface area contributed by atoms with Crippen molar-refractivity contribution in [3.63, 3.8) is 0 Å². The minimum absolute atomic E-state index is 0.0000356. The van der Waals surface area contributed by atoms with Crippen molar-refractivity contribution in [1.29, 1.82) is 0 Å². The average molecular weight is 339 g/mol. The molecule has 0 aliphatic heterocycles. The van der Waals surface area contributed by atoms with Gasteiger partial charge in [-0.15, -0.1) is 0 Å². The van der Waals surface area contributed by atoms with Gasteiger partial charge in [-0.1, -0.05) is 24.3 Å². The molecule has 0 aliphatic rings. The maximum atomic E-state index is 9.56. The van der Waals surface area contributed by atoms with E-state index in [4.69, 9.17) is 4.74 Å². The standard InChI is InChI=1S/C19H21N3O3/c1-25-17-7-3-5-15(11-17)18-12-19(22(21-18)8-9-23)20-13-14-4-2-6-16(24)10-14/h2-7,10-12,20,23-24H,8-9,13H2,1H3. The molecule has 0 amide bonds. The van der Waals surface area contributed by atoms with Crippen LogP contribution in [0.15, 0.2) is 54.6 Å². The van der Waals surface area contributed by atoms with Crippen molar-refractivity contribution in [2.45, 2.75) is 13.1 Å². The fourth-order valence-corrected chi connectivity index (χ4v) is 2.61. The number of aliphatic hydroxyl groups is 1. The Morgan fingerprint density at radius 3 is 2.72 bits per heavy atom. The van der Waals surface area contributed by atoms with Gasteiger partial charge in [0.25, 0.3) is 0 Å². The summed E-state index contributed by atoms with van der Waals surface area (Å²) in [5, 5.41) is 26.7. The maximum absolute atomic E-state index is 9.56. The first kappa shape index (κ1) is 16.9. The van der Waals surface area contributed by atoms with Crippen molar-refractivity contribution in [2.75, 3.05) is 19.0 Å². The zero-order chi connectivity index (χ0) is 17.6. The molecule has 6 heteroatoms. The summed E-state index contributed by atoms with van der Waals surface area (Å²) in [4.78, 5) is 0. The molecule has 0 bridgehead atoms. The monoisotopic (exact) mass is 339 g/mol. The summed E-state index contributed by atoms with van der Waals surface area (Å²) in [6, 6.07) is 16.7. The fraction of sp³-hybridized carbons (Fsp3) is 0.211. The van der Waals surface area contributed by atoms with E-state index >= 15 is 0 Å². The van der Waals surface area contributed by atoms with E-state index < -0.39 is 0 Å². The Kier molecular flexibility index (Phi) is 5.20. The number of ether oxygens (including phenoxy) is 1. The molecule has 0 atom stereocenters. The van der Waals surface area contributed by atoms with E-state index in [9.17, 15) is 10.2 Å².